The van der Waals surface area contributed by atoms with Crippen molar-refractivity contribution >= 4 is 39.1 Å². The molecule has 2 aromatic carbocycles. The Morgan fingerprint density at radius 1 is 1.10 bits per heavy atom. The molecule has 154 valence electrons. The van der Waals surface area contributed by atoms with Crippen LogP contribution in [0.1, 0.15) is 27.0 Å². The van der Waals surface area contributed by atoms with Gasteiger partial charge in [0, 0.05) is 17.7 Å². The van der Waals surface area contributed by atoms with E-state index in [4.69, 9.17) is 0 Å². The first-order valence-electron chi connectivity index (χ1n) is 9.16. The molecule has 1 heterocycles. The minimum absolute atomic E-state index is 0.0149. The quantitative estimate of drug-likeness (QED) is 0.802. The van der Waals surface area contributed by atoms with Gasteiger partial charge in [-0.25, -0.2) is 8.42 Å². The van der Waals surface area contributed by atoms with Crippen molar-refractivity contribution in [3.05, 3.63) is 58.7 Å². The van der Waals surface area contributed by atoms with Gasteiger partial charge in [0.25, 0.3) is 5.91 Å². The van der Waals surface area contributed by atoms with Gasteiger partial charge in [0.1, 0.15) is 6.04 Å². The van der Waals surface area contributed by atoms with E-state index in [2.05, 4.69) is 5.32 Å². The average molecular weight is 433 g/mol. The van der Waals surface area contributed by atoms with E-state index >= 15 is 0 Å². The highest BCUT2D eigenvalue weighted by atomic mass is 32.2. The monoisotopic (exact) mass is 432 g/mol. The molecule has 1 unspecified atom stereocenters. The molecule has 1 atom stereocenters. The SMILES string of the molecule is Cc1ccc(S(C)(=O)=O)c(C(=O)N2CSCC2C(=O)Nc2c(C)cccc2C)c1. The lowest BCUT2D eigenvalue weighted by Gasteiger charge is -2.25. The molecular formula is C21H24N2O4S2. The second-order valence-corrected chi connectivity index (χ2v) is 10.3. The van der Waals surface area contributed by atoms with Crippen LogP contribution in [0.3, 0.4) is 0 Å². The van der Waals surface area contributed by atoms with Crippen LogP contribution in [0.25, 0.3) is 0 Å². The number of hydrogen-bond acceptors (Lipinski definition) is 5. The average Bonchev–Trinajstić information content (AvgIpc) is 3.13. The van der Waals surface area contributed by atoms with Crippen molar-refractivity contribution in [2.45, 2.75) is 31.7 Å². The Kier molecular flexibility index (Phi) is 6.05. The summed E-state index contributed by atoms with van der Waals surface area (Å²) in [6.45, 7) is 5.63. The Bertz CT molecular complexity index is 1060. The number of carbonyl (C=O) groups excluding carboxylic acids is 2. The fraction of sp³-hybridized carbons (Fsp3) is 0.333. The zero-order valence-corrected chi connectivity index (χ0v) is 18.5. The van der Waals surface area contributed by atoms with Crippen LogP contribution < -0.4 is 5.32 Å². The number of carbonyl (C=O) groups is 2. The smallest absolute Gasteiger partial charge is 0.256 e. The molecule has 29 heavy (non-hydrogen) atoms. The molecular weight excluding hydrogens is 408 g/mol. The van der Waals surface area contributed by atoms with E-state index in [-0.39, 0.29) is 16.4 Å². The Morgan fingerprint density at radius 2 is 1.76 bits per heavy atom. The molecule has 0 aromatic heterocycles. The van der Waals surface area contributed by atoms with Gasteiger partial charge in [0.2, 0.25) is 5.91 Å². The van der Waals surface area contributed by atoms with Crippen LogP contribution in [0.2, 0.25) is 0 Å². The Balaban J connectivity index is 1.91. The highest BCUT2D eigenvalue weighted by Crippen LogP contribution is 2.28. The van der Waals surface area contributed by atoms with Crippen molar-refractivity contribution in [3.8, 4) is 0 Å². The van der Waals surface area contributed by atoms with Crippen molar-refractivity contribution in [1.29, 1.82) is 0 Å². The number of sulfone groups is 1. The van der Waals surface area contributed by atoms with Gasteiger partial charge < -0.3 is 10.2 Å². The van der Waals surface area contributed by atoms with Gasteiger partial charge in [-0.2, -0.15) is 0 Å². The van der Waals surface area contributed by atoms with Crippen LogP contribution in [0, 0.1) is 20.8 Å². The van der Waals surface area contributed by atoms with Crippen LogP contribution in [0.15, 0.2) is 41.3 Å². The van der Waals surface area contributed by atoms with Gasteiger partial charge in [0.05, 0.1) is 16.3 Å². The number of anilines is 1. The van der Waals surface area contributed by atoms with E-state index in [0.29, 0.717) is 11.6 Å². The summed E-state index contributed by atoms with van der Waals surface area (Å²) in [6, 6.07) is 9.78. The molecule has 3 rings (SSSR count). The van der Waals surface area contributed by atoms with Gasteiger partial charge in [-0.15, -0.1) is 11.8 Å². The van der Waals surface area contributed by atoms with Crippen molar-refractivity contribution in [1.82, 2.24) is 4.90 Å². The number of nitrogens with zero attached hydrogens (tertiary/aromatic N) is 1. The van der Waals surface area contributed by atoms with Gasteiger partial charge in [-0.05, 0) is 44.0 Å². The molecule has 2 amide bonds. The first-order chi connectivity index (χ1) is 13.6. The molecule has 0 spiro atoms. The van der Waals surface area contributed by atoms with E-state index in [1.165, 1.54) is 22.7 Å². The highest BCUT2D eigenvalue weighted by Gasteiger charge is 2.37. The fourth-order valence-electron chi connectivity index (χ4n) is 3.37. The number of thioether (sulfide) groups is 1. The molecule has 1 saturated heterocycles. The summed E-state index contributed by atoms with van der Waals surface area (Å²) in [5, 5.41) is 2.95. The molecule has 1 aliphatic rings. The Labute approximate surface area is 175 Å². The largest absolute Gasteiger partial charge is 0.324 e. The molecule has 0 saturated carbocycles. The van der Waals surface area contributed by atoms with Crippen molar-refractivity contribution in [2.75, 3.05) is 23.2 Å². The topological polar surface area (TPSA) is 83.6 Å². The number of amides is 2. The lowest BCUT2D eigenvalue weighted by atomic mass is 10.1. The first kappa shape index (κ1) is 21.4. The molecule has 1 fully saturated rings. The zero-order chi connectivity index (χ0) is 21.3. The summed E-state index contributed by atoms with van der Waals surface area (Å²) in [5.74, 6) is 0.0821. The summed E-state index contributed by atoms with van der Waals surface area (Å²) in [6.07, 6.45) is 1.08. The Hall–Kier alpha value is -2.32. The predicted octanol–water partition coefficient (Wildman–Crippen LogP) is 3.17. The minimum atomic E-state index is -3.58. The highest BCUT2D eigenvalue weighted by molar-refractivity contribution is 7.99. The number of nitrogens with one attached hydrogen (secondary N) is 1. The normalized spacial score (nSPS) is 16.7. The molecule has 2 aromatic rings. The molecule has 0 aliphatic carbocycles. The minimum Gasteiger partial charge on any atom is -0.324 e. The number of hydrogen-bond donors (Lipinski definition) is 1. The van der Waals surface area contributed by atoms with E-state index in [1.54, 1.807) is 19.1 Å². The second-order valence-electron chi connectivity index (χ2n) is 7.32. The van der Waals surface area contributed by atoms with Crippen molar-refractivity contribution in [2.24, 2.45) is 0 Å². The van der Waals surface area contributed by atoms with E-state index in [0.717, 1.165) is 28.6 Å². The summed E-state index contributed by atoms with van der Waals surface area (Å²) in [4.78, 5) is 27.7. The van der Waals surface area contributed by atoms with Crippen molar-refractivity contribution < 1.29 is 18.0 Å². The van der Waals surface area contributed by atoms with Gasteiger partial charge in [-0.1, -0.05) is 29.8 Å². The van der Waals surface area contributed by atoms with Gasteiger partial charge in [-0.3, -0.25) is 9.59 Å². The van der Waals surface area contributed by atoms with E-state index in [1.807, 2.05) is 32.0 Å². The van der Waals surface area contributed by atoms with Crippen LogP contribution >= 0.6 is 11.8 Å². The predicted molar refractivity (Wildman–Crippen MR) is 116 cm³/mol. The lowest BCUT2D eigenvalue weighted by Crippen LogP contribution is -2.45. The van der Waals surface area contributed by atoms with Crippen LogP contribution in [0.5, 0.6) is 0 Å². The Morgan fingerprint density at radius 3 is 2.38 bits per heavy atom. The molecule has 1 aliphatic heterocycles. The third kappa shape index (κ3) is 4.48. The maximum absolute atomic E-state index is 13.2. The second kappa shape index (κ2) is 8.20. The maximum Gasteiger partial charge on any atom is 0.256 e. The molecule has 6 nitrogen and oxygen atoms in total. The third-order valence-corrected chi connectivity index (χ3v) is 7.11. The van der Waals surface area contributed by atoms with E-state index in [9.17, 15) is 18.0 Å². The molecule has 0 bridgehead atoms. The van der Waals surface area contributed by atoms with E-state index < -0.39 is 21.8 Å². The standard InChI is InChI=1S/C21H24N2O4S2/c1-13-8-9-18(29(4,26)27)16(10-13)21(25)23-12-28-11-17(23)20(24)22-19-14(2)6-5-7-15(19)3/h5-10,17H,11-12H2,1-4H3,(H,22,24). The van der Waals surface area contributed by atoms with Crippen LogP contribution in [-0.2, 0) is 14.6 Å². The van der Waals surface area contributed by atoms with Gasteiger partial charge in [0.15, 0.2) is 9.84 Å². The number of para-hydroxylation sites is 1. The number of rotatable bonds is 4. The summed E-state index contributed by atoms with van der Waals surface area (Å²) < 4.78 is 24.3. The maximum atomic E-state index is 13.2. The third-order valence-electron chi connectivity index (χ3n) is 4.94. The molecule has 8 heteroatoms. The number of aryl methyl sites for hydroxylation is 3. The summed E-state index contributed by atoms with van der Waals surface area (Å²) >= 11 is 1.47. The molecule has 0 radical (unpaired) electrons. The summed E-state index contributed by atoms with van der Waals surface area (Å²) in [5.41, 5.74) is 3.53. The van der Waals surface area contributed by atoms with Crippen LogP contribution in [-0.4, -0.2) is 49.1 Å². The zero-order valence-electron chi connectivity index (χ0n) is 16.9. The summed E-state index contributed by atoms with van der Waals surface area (Å²) in [7, 11) is -3.58. The number of benzene rings is 2. The van der Waals surface area contributed by atoms with Crippen LogP contribution in [0.4, 0.5) is 5.69 Å². The molecule has 1 N–H and O–H groups in total. The van der Waals surface area contributed by atoms with Crippen molar-refractivity contribution in [3.63, 3.8) is 0 Å². The lowest BCUT2D eigenvalue weighted by molar-refractivity contribution is -0.119. The first-order valence-corrected chi connectivity index (χ1v) is 12.2. The fourth-order valence-corrected chi connectivity index (χ4v) is 5.38. The van der Waals surface area contributed by atoms with Gasteiger partial charge >= 0.3 is 0 Å².